The molecule has 1 aliphatic carbocycles. The number of hydrogen-bond donors (Lipinski definition) is 2. The molecule has 0 spiro atoms. The number of esters is 1. The summed E-state index contributed by atoms with van der Waals surface area (Å²) in [5.74, 6) is 0.281. The molecule has 1 rings (SSSR count). The summed E-state index contributed by atoms with van der Waals surface area (Å²) < 4.78 is 10.7. The van der Waals surface area contributed by atoms with E-state index in [1.165, 1.54) is 19.3 Å². The van der Waals surface area contributed by atoms with Gasteiger partial charge in [0, 0.05) is 6.54 Å². The molecule has 0 saturated heterocycles. The molecule has 4 unspecified atom stereocenters. The van der Waals surface area contributed by atoms with E-state index in [1.807, 2.05) is 0 Å². The standard InChI is InChI=1S/C15H29NO4/c1-4-19-15(18)12(3)16-9-13(17)10-20-14-8-6-5-7-11(14)2/h11-14,16-17H,4-10H2,1-3H3. The molecule has 0 radical (unpaired) electrons. The van der Waals surface area contributed by atoms with Crippen LogP contribution in [0.25, 0.3) is 0 Å². The van der Waals surface area contributed by atoms with E-state index in [0.29, 0.717) is 25.7 Å². The molecule has 118 valence electrons. The first kappa shape index (κ1) is 17.4. The van der Waals surface area contributed by atoms with Crippen molar-refractivity contribution in [3.63, 3.8) is 0 Å². The molecule has 4 atom stereocenters. The van der Waals surface area contributed by atoms with Gasteiger partial charge < -0.3 is 19.9 Å². The highest BCUT2D eigenvalue weighted by Crippen LogP contribution is 2.26. The van der Waals surface area contributed by atoms with Gasteiger partial charge in [0.25, 0.3) is 0 Å². The van der Waals surface area contributed by atoms with Crippen molar-refractivity contribution < 1.29 is 19.4 Å². The third kappa shape index (κ3) is 6.20. The number of aliphatic hydroxyl groups excluding tert-OH is 1. The van der Waals surface area contributed by atoms with Crippen molar-refractivity contribution in [1.29, 1.82) is 0 Å². The van der Waals surface area contributed by atoms with Gasteiger partial charge in [-0.3, -0.25) is 4.79 Å². The van der Waals surface area contributed by atoms with Crippen LogP contribution in [0.1, 0.15) is 46.5 Å². The Morgan fingerprint density at radius 1 is 1.40 bits per heavy atom. The minimum Gasteiger partial charge on any atom is -0.465 e. The van der Waals surface area contributed by atoms with Gasteiger partial charge in [-0.2, -0.15) is 0 Å². The summed E-state index contributed by atoms with van der Waals surface area (Å²) in [4.78, 5) is 11.4. The van der Waals surface area contributed by atoms with Crippen LogP contribution in [0.3, 0.4) is 0 Å². The maximum Gasteiger partial charge on any atom is 0.322 e. The highest BCUT2D eigenvalue weighted by molar-refractivity contribution is 5.75. The predicted molar refractivity (Wildman–Crippen MR) is 77.5 cm³/mol. The topological polar surface area (TPSA) is 67.8 Å². The van der Waals surface area contributed by atoms with Gasteiger partial charge in [0.15, 0.2) is 0 Å². The summed E-state index contributed by atoms with van der Waals surface area (Å²) in [5, 5.41) is 12.8. The highest BCUT2D eigenvalue weighted by Gasteiger charge is 2.23. The maximum absolute atomic E-state index is 11.4. The van der Waals surface area contributed by atoms with Crippen LogP contribution in [0.5, 0.6) is 0 Å². The third-order valence-corrected chi connectivity index (χ3v) is 3.84. The fourth-order valence-electron chi connectivity index (χ4n) is 2.49. The smallest absolute Gasteiger partial charge is 0.322 e. The van der Waals surface area contributed by atoms with Crippen LogP contribution >= 0.6 is 0 Å². The molecule has 2 N–H and O–H groups in total. The average Bonchev–Trinajstić information content (AvgIpc) is 2.44. The quantitative estimate of drug-likeness (QED) is 0.662. The molecule has 20 heavy (non-hydrogen) atoms. The summed E-state index contributed by atoms with van der Waals surface area (Å²) in [7, 11) is 0. The first-order valence-corrected chi connectivity index (χ1v) is 7.74. The molecular formula is C15H29NO4. The fraction of sp³-hybridized carbons (Fsp3) is 0.933. The Kier molecular flexibility index (Phi) is 8.11. The van der Waals surface area contributed by atoms with Gasteiger partial charge >= 0.3 is 5.97 Å². The van der Waals surface area contributed by atoms with Gasteiger partial charge in [0.1, 0.15) is 6.04 Å². The van der Waals surface area contributed by atoms with Crippen molar-refractivity contribution in [1.82, 2.24) is 5.32 Å². The van der Waals surface area contributed by atoms with Crippen LogP contribution in [-0.2, 0) is 14.3 Å². The van der Waals surface area contributed by atoms with Crippen molar-refractivity contribution >= 4 is 5.97 Å². The van der Waals surface area contributed by atoms with Crippen LogP contribution in [0.15, 0.2) is 0 Å². The normalized spacial score (nSPS) is 26.0. The summed E-state index contributed by atoms with van der Waals surface area (Å²) in [6, 6.07) is -0.404. The highest BCUT2D eigenvalue weighted by atomic mass is 16.5. The van der Waals surface area contributed by atoms with Crippen molar-refractivity contribution in [2.24, 2.45) is 5.92 Å². The Morgan fingerprint density at radius 3 is 2.75 bits per heavy atom. The second kappa shape index (κ2) is 9.32. The zero-order valence-electron chi connectivity index (χ0n) is 12.9. The van der Waals surface area contributed by atoms with Crippen molar-refractivity contribution in [3.8, 4) is 0 Å². The second-order valence-electron chi connectivity index (χ2n) is 5.67. The van der Waals surface area contributed by atoms with Gasteiger partial charge in [0.2, 0.25) is 0 Å². The Morgan fingerprint density at radius 2 is 2.10 bits per heavy atom. The molecular weight excluding hydrogens is 258 g/mol. The lowest BCUT2D eigenvalue weighted by atomic mass is 9.88. The predicted octanol–water partition coefficient (Wildman–Crippen LogP) is 1.48. The van der Waals surface area contributed by atoms with Gasteiger partial charge in [-0.1, -0.05) is 19.8 Å². The zero-order valence-corrected chi connectivity index (χ0v) is 12.9. The molecule has 0 aliphatic heterocycles. The number of ether oxygens (including phenoxy) is 2. The lowest BCUT2D eigenvalue weighted by Crippen LogP contribution is -2.41. The van der Waals surface area contributed by atoms with Gasteiger partial charge in [-0.15, -0.1) is 0 Å². The van der Waals surface area contributed by atoms with Crippen LogP contribution in [0.2, 0.25) is 0 Å². The van der Waals surface area contributed by atoms with E-state index in [4.69, 9.17) is 9.47 Å². The van der Waals surface area contributed by atoms with Crippen LogP contribution < -0.4 is 5.32 Å². The molecule has 0 aromatic rings. The van der Waals surface area contributed by atoms with Crippen molar-refractivity contribution in [2.45, 2.75) is 64.7 Å². The Balaban J connectivity index is 2.16. The van der Waals surface area contributed by atoms with E-state index in [0.717, 1.165) is 6.42 Å². The fourth-order valence-corrected chi connectivity index (χ4v) is 2.49. The van der Waals surface area contributed by atoms with E-state index in [9.17, 15) is 9.90 Å². The lowest BCUT2D eigenvalue weighted by molar-refractivity contribution is -0.145. The van der Waals surface area contributed by atoms with Crippen LogP contribution in [-0.4, -0.2) is 49.1 Å². The SMILES string of the molecule is CCOC(=O)C(C)NCC(O)COC1CCCCC1C. The maximum atomic E-state index is 11.4. The summed E-state index contributed by atoms with van der Waals surface area (Å²) in [6.45, 7) is 6.74. The first-order chi connectivity index (χ1) is 9.54. The monoisotopic (exact) mass is 287 g/mol. The van der Waals surface area contributed by atoms with Crippen molar-refractivity contribution in [2.75, 3.05) is 19.8 Å². The number of aliphatic hydroxyl groups is 1. The Bertz CT molecular complexity index is 285. The van der Waals surface area contributed by atoms with Crippen LogP contribution in [0.4, 0.5) is 0 Å². The second-order valence-corrected chi connectivity index (χ2v) is 5.67. The summed E-state index contributed by atoms with van der Waals surface area (Å²) in [5.41, 5.74) is 0. The van der Waals surface area contributed by atoms with Gasteiger partial charge in [-0.05, 0) is 32.6 Å². The number of carbonyl (C=O) groups is 1. The minimum atomic E-state index is -0.596. The average molecular weight is 287 g/mol. The first-order valence-electron chi connectivity index (χ1n) is 7.74. The Labute approximate surface area is 122 Å². The molecule has 0 aromatic carbocycles. The van der Waals surface area contributed by atoms with Gasteiger partial charge in [0.05, 0.1) is 25.4 Å². The van der Waals surface area contributed by atoms with Crippen LogP contribution in [0, 0.1) is 5.92 Å². The number of carbonyl (C=O) groups excluding carboxylic acids is 1. The summed E-state index contributed by atoms with van der Waals surface area (Å²) >= 11 is 0. The molecule has 1 fully saturated rings. The number of nitrogens with one attached hydrogen (secondary N) is 1. The molecule has 5 heteroatoms. The molecule has 5 nitrogen and oxygen atoms in total. The largest absolute Gasteiger partial charge is 0.465 e. The lowest BCUT2D eigenvalue weighted by Gasteiger charge is -2.29. The molecule has 0 amide bonds. The molecule has 0 bridgehead atoms. The number of rotatable bonds is 8. The number of hydrogen-bond acceptors (Lipinski definition) is 5. The van der Waals surface area contributed by atoms with Crippen molar-refractivity contribution in [3.05, 3.63) is 0 Å². The Hall–Kier alpha value is -0.650. The van der Waals surface area contributed by atoms with Gasteiger partial charge in [-0.25, -0.2) is 0 Å². The third-order valence-electron chi connectivity index (χ3n) is 3.84. The summed E-state index contributed by atoms with van der Waals surface area (Å²) in [6.07, 6.45) is 4.45. The molecule has 1 saturated carbocycles. The van der Waals surface area contributed by atoms with E-state index < -0.39 is 12.1 Å². The van der Waals surface area contributed by atoms with E-state index in [2.05, 4.69) is 12.2 Å². The molecule has 0 heterocycles. The van der Waals surface area contributed by atoms with E-state index in [1.54, 1.807) is 13.8 Å². The minimum absolute atomic E-state index is 0.265. The molecule has 0 aromatic heterocycles. The zero-order chi connectivity index (χ0) is 15.0. The van der Waals surface area contributed by atoms with E-state index in [-0.39, 0.29) is 12.1 Å². The van der Waals surface area contributed by atoms with E-state index >= 15 is 0 Å². The molecule has 1 aliphatic rings.